The van der Waals surface area contributed by atoms with Crippen LogP contribution >= 0.6 is 11.6 Å². The minimum atomic E-state index is -0.663. The summed E-state index contributed by atoms with van der Waals surface area (Å²) >= 11 is 6.19. The number of carbonyl (C=O) groups is 1. The van der Waals surface area contributed by atoms with Crippen molar-refractivity contribution in [3.05, 3.63) is 40.4 Å². The third-order valence-corrected chi connectivity index (χ3v) is 5.24. The van der Waals surface area contributed by atoms with E-state index >= 15 is 0 Å². The summed E-state index contributed by atoms with van der Waals surface area (Å²) in [5.41, 5.74) is 0.655. The third-order valence-electron chi connectivity index (χ3n) is 4.92. The Balaban J connectivity index is 1.82. The summed E-state index contributed by atoms with van der Waals surface area (Å²) in [4.78, 5) is 23.2. The smallest absolute Gasteiger partial charge is 0.138 e. The van der Waals surface area contributed by atoms with Gasteiger partial charge in [-0.25, -0.2) is 9.78 Å². The van der Waals surface area contributed by atoms with Crippen LogP contribution < -0.4 is 0 Å². The second kappa shape index (κ2) is 6.09. The number of benzene rings is 1. The number of nitriles is 1. The Morgan fingerprint density at radius 3 is 2.96 bits per heavy atom. The number of carbonyl (C=O) groups excluding carboxylic acids is 1. The molecule has 0 spiro atoms. The van der Waals surface area contributed by atoms with Gasteiger partial charge >= 0.3 is 0 Å². The van der Waals surface area contributed by atoms with E-state index in [2.05, 4.69) is 6.07 Å². The fraction of sp³-hybridized carbons (Fsp3) is 0.444. The number of rotatable bonds is 2. The van der Waals surface area contributed by atoms with Gasteiger partial charge in [0.05, 0.1) is 11.6 Å². The SMILES string of the molecule is CC1C(=O)CC2CC1OOC2(C)C=Cc1ccc(C#N)cc1Cl. The van der Waals surface area contributed by atoms with Gasteiger partial charge in [-0.3, -0.25) is 4.79 Å². The molecule has 0 N–H and O–H groups in total. The maximum absolute atomic E-state index is 12.1. The van der Waals surface area contributed by atoms with E-state index in [4.69, 9.17) is 26.6 Å². The standard InChI is InChI=1S/C18H18ClNO3/c1-11-16(21)8-14-9-17(11)22-23-18(14,2)6-5-13-4-3-12(10-20)7-15(13)19/h3-7,11,14,17H,8-9H2,1-2H3. The van der Waals surface area contributed by atoms with Crippen LogP contribution in [0, 0.1) is 23.2 Å². The number of Topliss-reactive ketones (excluding diaryl/α,β-unsaturated/α-hetero) is 1. The van der Waals surface area contributed by atoms with Crippen molar-refractivity contribution < 1.29 is 14.6 Å². The number of hydrogen-bond acceptors (Lipinski definition) is 4. The highest BCUT2D eigenvalue weighted by Crippen LogP contribution is 2.43. The van der Waals surface area contributed by atoms with Crippen LogP contribution in [0.3, 0.4) is 0 Å². The van der Waals surface area contributed by atoms with E-state index in [9.17, 15) is 4.79 Å². The summed E-state index contributed by atoms with van der Waals surface area (Å²) in [6.07, 6.45) is 4.92. The van der Waals surface area contributed by atoms with Crippen LogP contribution in [0.1, 0.15) is 37.8 Å². The Bertz CT molecular complexity index is 709. The Morgan fingerprint density at radius 2 is 2.26 bits per heavy atom. The minimum Gasteiger partial charge on any atom is -0.299 e. The summed E-state index contributed by atoms with van der Waals surface area (Å²) in [7, 11) is 0. The largest absolute Gasteiger partial charge is 0.299 e. The number of nitrogens with zero attached hydrogens (tertiary/aromatic N) is 1. The monoisotopic (exact) mass is 331 g/mol. The van der Waals surface area contributed by atoms with Gasteiger partial charge in [0.1, 0.15) is 17.5 Å². The van der Waals surface area contributed by atoms with Gasteiger partial charge < -0.3 is 0 Å². The summed E-state index contributed by atoms with van der Waals surface area (Å²) in [6.45, 7) is 3.81. The van der Waals surface area contributed by atoms with E-state index in [1.165, 1.54) is 0 Å². The molecule has 1 aliphatic heterocycles. The maximum Gasteiger partial charge on any atom is 0.138 e. The first-order valence-electron chi connectivity index (χ1n) is 7.69. The van der Waals surface area contributed by atoms with Crippen LogP contribution in [-0.2, 0) is 14.6 Å². The van der Waals surface area contributed by atoms with Crippen LogP contribution in [0.15, 0.2) is 24.3 Å². The molecule has 4 nitrogen and oxygen atoms in total. The molecule has 4 unspecified atom stereocenters. The molecule has 1 aromatic carbocycles. The van der Waals surface area contributed by atoms with E-state index in [-0.39, 0.29) is 23.7 Å². The molecular formula is C18H18ClNO3. The summed E-state index contributed by atoms with van der Waals surface area (Å²) in [6, 6.07) is 7.19. The quantitative estimate of drug-likeness (QED) is 0.770. The molecule has 2 bridgehead atoms. The second-order valence-corrected chi connectivity index (χ2v) is 6.88. The predicted octanol–water partition coefficient (Wildman–Crippen LogP) is 3.93. The van der Waals surface area contributed by atoms with Crippen molar-refractivity contribution in [2.24, 2.45) is 11.8 Å². The first-order valence-corrected chi connectivity index (χ1v) is 8.07. The zero-order valence-corrected chi connectivity index (χ0v) is 13.8. The minimum absolute atomic E-state index is 0.0957. The van der Waals surface area contributed by atoms with Crippen molar-refractivity contribution in [2.45, 2.75) is 38.4 Å². The molecule has 1 saturated carbocycles. The molecule has 1 heterocycles. The van der Waals surface area contributed by atoms with Gasteiger partial charge in [0.2, 0.25) is 0 Å². The van der Waals surface area contributed by atoms with Gasteiger partial charge in [-0.1, -0.05) is 30.7 Å². The van der Waals surface area contributed by atoms with Gasteiger partial charge in [0, 0.05) is 23.3 Å². The fourth-order valence-corrected chi connectivity index (χ4v) is 3.39. The number of fused-ring (bicyclic) bond motifs is 2. The van der Waals surface area contributed by atoms with Gasteiger partial charge in [-0.15, -0.1) is 0 Å². The third kappa shape index (κ3) is 3.05. The molecule has 0 amide bonds. The normalized spacial score (nSPS) is 33.7. The Morgan fingerprint density at radius 1 is 1.48 bits per heavy atom. The Hall–Kier alpha value is -1.67. The van der Waals surface area contributed by atoms with Gasteiger partial charge in [0.15, 0.2) is 0 Å². The molecule has 120 valence electrons. The van der Waals surface area contributed by atoms with E-state index in [1.807, 2.05) is 26.0 Å². The summed E-state index contributed by atoms with van der Waals surface area (Å²) < 4.78 is 0. The van der Waals surface area contributed by atoms with E-state index < -0.39 is 5.60 Å². The zero-order valence-electron chi connectivity index (χ0n) is 13.1. The van der Waals surface area contributed by atoms with E-state index in [0.717, 1.165) is 12.0 Å². The number of ketones is 1. The average Bonchev–Trinajstić information content (AvgIpc) is 2.54. The molecule has 0 radical (unpaired) electrons. The second-order valence-electron chi connectivity index (χ2n) is 6.48. The molecular weight excluding hydrogens is 314 g/mol. The highest BCUT2D eigenvalue weighted by Gasteiger charge is 2.48. The van der Waals surface area contributed by atoms with Gasteiger partial charge in [-0.05, 0) is 37.1 Å². The first kappa shape index (κ1) is 16.2. The van der Waals surface area contributed by atoms with E-state index in [1.54, 1.807) is 18.2 Å². The molecule has 1 saturated heterocycles. The topological polar surface area (TPSA) is 59.3 Å². The molecule has 1 aliphatic carbocycles. The van der Waals surface area contributed by atoms with Crippen LogP contribution in [0.2, 0.25) is 5.02 Å². The van der Waals surface area contributed by atoms with Crippen LogP contribution in [-0.4, -0.2) is 17.5 Å². The van der Waals surface area contributed by atoms with Crippen LogP contribution in [0.4, 0.5) is 0 Å². The lowest BCUT2D eigenvalue weighted by Crippen LogP contribution is -2.51. The van der Waals surface area contributed by atoms with Crippen molar-refractivity contribution in [3.63, 3.8) is 0 Å². The van der Waals surface area contributed by atoms with Crippen molar-refractivity contribution in [3.8, 4) is 6.07 Å². The number of halogens is 1. The molecule has 5 heteroatoms. The van der Waals surface area contributed by atoms with Crippen molar-refractivity contribution in [2.75, 3.05) is 0 Å². The summed E-state index contributed by atoms with van der Waals surface area (Å²) in [5, 5.41) is 9.38. The lowest BCUT2D eigenvalue weighted by molar-refractivity contribution is -0.415. The van der Waals surface area contributed by atoms with Crippen molar-refractivity contribution in [1.82, 2.24) is 0 Å². The van der Waals surface area contributed by atoms with E-state index in [0.29, 0.717) is 17.0 Å². The fourth-order valence-electron chi connectivity index (χ4n) is 3.15. The molecule has 1 aromatic rings. The lowest BCUT2D eigenvalue weighted by atomic mass is 9.71. The van der Waals surface area contributed by atoms with Crippen molar-refractivity contribution in [1.29, 1.82) is 5.26 Å². The van der Waals surface area contributed by atoms with Crippen molar-refractivity contribution >= 4 is 23.5 Å². The Labute approximate surface area is 140 Å². The highest BCUT2D eigenvalue weighted by atomic mass is 35.5. The zero-order chi connectivity index (χ0) is 16.6. The van der Waals surface area contributed by atoms with Crippen LogP contribution in [0.25, 0.3) is 6.08 Å². The lowest BCUT2D eigenvalue weighted by Gasteiger charge is -2.45. The first-order chi connectivity index (χ1) is 10.9. The predicted molar refractivity (Wildman–Crippen MR) is 86.5 cm³/mol. The Kier molecular flexibility index (Phi) is 4.29. The van der Waals surface area contributed by atoms with Crippen LogP contribution in [0.5, 0.6) is 0 Å². The highest BCUT2D eigenvalue weighted by molar-refractivity contribution is 6.32. The average molecular weight is 332 g/mol. The van der Waals surface area contributed by atoms with Gasteiger partial charge in [-0.2, -0.15) is 5.26 Å². The molecule has 3 rings (SSSR count). The molecule has 0 aromatic heterocycles. The maximum atomic E-state index is 12.1. The number of hydrogen-bond donors (Lipinski definition) is 0. The summed E-state index contributed by atoms with van der Waals surface area (Å²) in [5.74, 6) is 0.219. The van der Waals surface area contributed by atoms with Gasteiger partial charge in [0.25, 0.3) is 0 Å². The molecule has 4 atom stereocenters. The molecule has 23 heavy (non-hydrogen) atoms. The molecule has 2 fully saturated rings. The molecule has 2 aliphatic rings.